The van der Waals surface area contributed by atoms with Gasteiger partial charge in [-0.25, -0.2) is 0 Å². The Kier molecular flexibility index (Phi) is 23.7. The maximum Gasteiger partial charge on any atom is 0.126 e. The van der Waals surface area contributed by atoms with Gasteiger partial charge < -0.3 is 37.9 Å². The lowest BCUT2D eigenvalue weighted by atomic mass is 9.86. The topological polar surface area (TPSA) is 73.8 Å². The molecule has 0 N–H and O–H groups in total. The van der Waals surface area contributed by atoms with Crippen molar-refractivity contribution >= 4 is 0 Å². The van der Waals surface area contributed by atoms with E-state index in [0.717, 1.165) is 116 Å². The van der Waals surface area contributed by atoms with Gasteiger partial charge in [-0.15, -0.1) is 0 Å². The minimum absolute atomic E-state index is 0.447. The van der Waals surface area contributed by atoms with Crippen LogP contribution in [0.15, 0.2) is 196 Å². The Bertz CT molecular complexity index is 3010. The third kappa shape index (κ3) is 17.6. The maximum absolute atomic E-state index is 7.14. The molecule has 8 aromatic carbocycles. The number of benzene rings is 8. The van der Waals surface area contributed by atoms with Gasteiger partial charge in [0.05, 0.1) is 26.4 Å². The first-order valence-corrected chi connectivity index (χ1v) is 31.6. The first-order valence-electron chi connectivity index (χ1n) is 31.6. The highest BCUT2D eigenvalue weighted by atomic mass is 16.5. The number of fused-ring (bicyclic) bond motifs is 8. The molecule has 0 radical (unpaired) electrons. The highest BCUT2D eigenvalue weighted by Gasteiger charge is 2.25. The molecule has 0 amide bonds. The average molecular weight is 1180 g/mol. The van der Waals surface area contributed by atoms with Crippen LogP contribution in [0.4, 0.5) is 0 Å². The molecule has 8 heteroatoms. The van der Waals surface area contributed by atoms with Gasteiger partial charge in [0.15, 0.2) is 0 Å². The fraction of sp³-hybridized carbons (Fsp3) is 0.300. The predicted molar refractivity (Wildman–Crippen MR) is 360 cm³/mol. The molecule has 0 unspecified atom stereocenters. The van der Waals surface area contributed by atoms with E-state index in [2.05, 4.69) is 200 Å². The normalized spacial score (nSPS) is 11.7. The first kappa shape index (κ1) is 63.6. The standard InChI is InChI=1S/C80H88O8/c1-9-33-81-73-25-17-57(18-26-73)41-61-45-65-53-67-47-62(42-58-19-27-74(28-20-58)82-34-10-2)49-69(78(67)86-38-14-6)55-71-51-64(44-60-23-31-76(32-24-60)84-36-12-4)52-72(80(71)88-40-16-8)56-70-50-63(43-59-21-29-75(30-22-59)83-35-11-3)48-68(79(70)87-39-15-7)54-66(46-61)77(65)85-37-13-5/h9-12,17-32,45-52H,1-4,13-16,33-44,53-56H2,5-8H3. The van der Waals surface area contributed by atoms with Crippen LogP contribution < -0.4 is 37.9 Å². The Balaban J connectivity index is 1.31. The molecule has 0 aromatic heterocycles. The Labute approximate surface area is 524 Å². The monoisotopic (exact) mass is 1180 g/mol. The van der Waals surface area contributed by atoms with Crippen molar-refractivity contribution < 1.29 is 37.9 Å². The van der Waals surface area contributed by atoms with E-state index in [0.29, 0.717) is 104 Å². The molecule has 0 heterocycles. The van der Waals surface area contributed by atoms with Crippen molar-refractivity contribution in [3.05, 3.63) is 285 Å². The third-order valence-electron chi connectivity index (χ3n) is 15.3. The van der Waals surface area contributed by atoms with Gasteiger partial charge >= 0.3 is 0 Å². The molecule has 1 aliphatic carbocycles. The van der Waals surface area contributed by atoms with Crippen molar-refractivity contribution in [2.75, 3.05) is 52.9 Å². The maximum atomic E-state index is 7.14. The molecular weight excluding hydrogens is 1090 g/mol. The zero-order chi connectivity index (χ0) is 61.5. The van der Waals surface area contributed by atoms with Crippen LogP contribution in [0.3, 0.4) is 0 Å². The van der Waals surface area contributed by atoms with Crippen molar-refractivity contribution in [3.8, 4) is 46.0 Å². The van der Waals surface area contributed by atoms with Crippen LogP contribution in [0.1, 0.15) is 142 Å². The second-order valence-electron chi connectivity index (χ2n) is 22.8. The third-order valence-corrected chi connectivity index (χ3v) is 15.3. The summed E-state index contributed by atoms with van der Waals surface area (Å²) in [6.07, 6.45) is 15.6. The van der Waals surface area contributed by atoms with Crippen LogP contribution >= 0.6 is 0 Å². The van der Waals surface area contributed by atoms with E-state index in [4.69, 9.17) is 37.9 Å². The Morgan fingerprint density at radius 1 is 0.261 bits per heavy atom. The molecule has 0 fully saturated rings. The van der Waals surface area contributed by atoms with Gasteiger partial charge in [0.25, 0.3) is 0 Å². The molecule has 1 aliphatic rings. The lowest BCUT2D eigenvalue weighted by Crippen LogP contribution is -2.12. The van der Waals surface area contributed by atoms with Gasteiger partial charge in [-0.05, 0) is 189 Å². The lowest BCUT2D eigenvalue weighted by Gasteiger charge is -2.25. The molecule has 9 rings (SSSR count). The molecular formula is C80H88O8. The summed E-state index contributed by atoms with van der Waals surface area (Å²) in [4.78, 5) is 0. The summed E-state index contributed by atoms with van der Waals surface area (Å²) < 4.78 is 52.3. The van der Waals surface area contributed by atoms with Crippen LogP contribution in [-0.2, 0) is 51.4 Å². The minimum atomic E-state index is 0.447. The van der Waals surface area contributed by atoms with Crippen LogP contribution in [-0.4, -0.2) is 52.9 Å². The lowest BCUT2D eigenvalue weighted by molar-refractivity contribution is 0.304. The summed E-state index contributed by atoms with van der Waals surface area (Å²) in [5, 5.41) is 0. The number of rotatable bonds is 32. The molecule has 8 aromatic rings. The zero-order valence-electron chi connectivity index (χ0n) is 52.4. The van der Waals surface area contributed by atoms with Crippen molar-refractivity contribution in [2.24, 2.45) is 0 Å². The largest absolute Gasteiger partial charge is 0.493 e. The molecule has 8 nitrogen and oxygen atoms in total. The van der Waals surface area contributed by atoms with Crippen LogP contribution in [0.5, 0.6) is 46.0 Å². The Hall–Kier alpha value is -8.88. The molecule has 0 spiro atoms. The Morgan fingerprint density at radius 3 is 0.602 bits per heavy atom. The van der Waals surface area contributed by atoms with Crippen LogP contribution in [0.25, 0.3) is 0 Å². The first-order chi connectivity index (χ1) is 43.2. The zero-order valence-corrected chi connectivity index (χ0v) is 52.4. The van der Waals surface area contributed by atoms with E-state index in [1.807, 2.05) is 0 Å². The summed E-state index contributed by atoms with van der Waals surface area (Å²) in [6.45, 7) is 28.2. The highest BCUT2D eigenvalue weighted by Crippen LogP contribution is 2.42. The van der Waals surface area contributed by atoms with Gasteiger partial charge in [0.2, 0.25) is 0 Å². The SMILES string of the molecule is C=CCOc1ccc(Cc2cc3c(OCCC)c(c2)Cc2cc(Cc4ccc(OCC=C)cc4)cc(c2OCCC)Cc2cc(Cc4ccc(OCC=C)cc4)cc(c2OCCC)Cc2cc(Cc4ccc(OCC=C)cc4)cc(c2OCCC)C3)cc1. The van der Waals surface area contributed by atoms with E-state index < -0.39 is 0 Å². The van der Waals surface area contributed by atoms with Gasteiger partial charge in [0.1, 0.15) is 72.4 Å². The second kappa shape index (κ2) is 32.7. The molecule has 0 saturated carbocycles. The van der Waals surface area contributed by atoms with E-state index in [1.165, 1.54) is 44.5 Å². The molecule has 8 bridgehead atoms. The summed E-state index contributed by atoms with van der Waals surface area (Å²) in [5.41, 5.74) is 18.3. The van der Waals surface area contributed by atoms with Crippen LogP contribution in [0, 0.1) is 0 Å². The van der Waals surface area contributed by atoms with Crippen molar-refractivity contribution in [1.29, 1.82) is 0 Å². The molecule has 456 valence electrons. The quantitative estimate of drug-likeness (QED) is 0.0386. The fourth-order valence-electron chi connectivity index (χ4n) is 11.5. The smallest absolute Gasteiger partial charge is 0.126 e. The summed E-state index contributed by atoms with van der Waals surface area (Å²) >= 11 is 0. The number of hydrogen-bond acceptors (Lipinski definition) is 8. The van der Waals surface area contributed by atoms with Crippen molar-refractivity contribution in [2.45, 2.75) is 105 Å². The molecule has 0 aliphatic heterocycles. The van der Waals surface area contributed by atoms with E-state index in [9.17, 15) is 0 Å². The van der Waals surface area contributed by atoms with Crippen molar-refractivity contribution in [3.63, 3.8) is 0 Å². The van der Waals surface area contributed by atoms with Gasteiger partial charge in [-0.2, -0.15) is 0 Å². The average Bonchev–Trinajstić information content (AvgIpc) is 2.49. The summed E-state index contributed by atoms with van der Waals surface area (Å²) in [7, 11) is 0. The van der Waals surface area contributed by atoms with E-state index >= 15 is 0 Å². The minimum Gasteiger partial charge on any atom is -0.493 e. The van der Waals surface area contributed by atoms with Crippen molar-refractivity contribution in [1.82, 2.24) is 0 Å². The van der Waals surface area contributed by atoms with Gasteiger partial charge in [-0.1, -0.05) is 175 Å². The highest BCUT2D eigenvalue weighted by molar-refractivity contribution is 5.60. The number of hydrogen-bond donors (Lipinski definition) is 0. The van der Waals surface area contributed by atoms with E-state index in [-0.39, 0.29) is 0 Å². The second-order valence-corrected chi connectivity index (χ2v) is 22.8. The molecule has 0 atom stereocenters. The van der Waals surface area contributed by atoms with E-state index in [1.54, 1.807) is 24.3 Å². The predicted octanol–water partition coefficient (Wildman–Crippen LogP) is 18.1. The Morgan fingerprint density at radius 2 is 0.443 bits per heavy atom. The number of ether oxygens (including phenoxy) is 8. The summed E-state index contributed by atoms with van der Waals surface area (Å²) in [6, 6.07) is 52.8. The molecule has 88 heavy (non-hydrogen) atoms. The molecule has 0 saturated heterocycles. The van der Waals surface area contributed by atoms with Gasteiger partial charge in [0, 0.05) is 25.7 Å². The fourth-order valence-corrected chi connectivity index (χ4v) is 11.5. The van der Waals surface area contributed by atoms with Gasteiger partial charge in [-0.3, -0.25) is 0 Å². The van der Waals surface area contributed by atoms with Crippen LogP contribution in [0.2, 0.25) is 0 Å². The summed E-state index contributed by atoms with van der Waals surface area (Å²) in [5.74, 6) is 6.87.